The zero-order valence-corrected chi connectivity index (χ0v) is 15.7. The summed E-state index contributed by atoms with van der Waals surface area (Å²) >= 11 is 0. The number of piperidine rings is 1. The molecule has 2 unspecified atom stereocenters. The third-order valence-corrected chi connectivity index (χ3v) is 5.68. The molecule has 146 valence electrons. The summed E-state index contributed by atoms with van der Waals surface area (Å²) in [6, 6.07) is 15.3. The molecule has 1 N–H and O–H groups in total. The lowest BCUT2D eigenvalue weighted by Crippen LogP contribution is -2.54. The van der Waals surface area contributed by atoms with Gasteiger partial charge in [0.1, 0.15) is 18.9 Å². The van der Waals surface area contributed by atoms with E-state index in [1.54, 1.807) is 0 Å². The predicted molar refractivity (Wildman–Crippen MR) is 103 cm³/mol. The fourth-order valence-corrected chi connectivity index (χ4v) is 4.35. The van der Waals surface area contributed by atoms with Gasteiger partial charge >= 0.3 is 12.1 Å². The number of benzene rings is 2. The summed E-state index contributed by atoms with van der Waals surface area (Å²) < 4.78 is 11.0. The van der Waals surface area contributed by atoms with Crippen LogP contribution in [0.5, 0.6) is 0 Å². The van der Waals surface area contributed by atoms with Crippen LogP contribution in [0.25, 0.3) is 11.1 Å². The van der Waals surface area contributed by atoms with Crippen molar-refractivity contribution in [1.82, 2.24) is 4.90 Å². The second-order valence-corrected chi connectivity index (χ2v) is 7.19. The summed E-state index contributed by atoms with van der Waals surface area (Å²) in [6.07, 6.45) is 0.485. The Morgan fingerprint density at radius 1 is 1.04 bits per heavy atom. The number of rotatable bonds is 4. The number of fused-ring (bicyclic) bond motifs is 3. The average molecular weight is 381 g/mol. The van der Waals surface area contributed by atoms with Gasteiger partial charge in [-0.3, -0.25) is 4.90 Å². The van der Waals surface area contributed by atoms with E-state index in [4.69, 9.17) is 9.47 Å². The molecule has 1 heterocycles. The zero-order chi connectivity index (χ0) is 19.7. The first kappa shape index (κ1) is 18.5. The number of methoxy groups -OCH3 is 1. The Balaban J connectivity index is 1.55. The van der Waals surface area contributed by atoms with E-state index >= 15 is 0 Å². The number of carbonyl (C=O) groups is 2. The van der Waals surface area contributed by atoms with Crippen LogP contribution < -0.4 is 0 Å². The molecule has 6 heteroatoms. The Labute approximate surface area is 163 Å². The third-order valence-electron chi connectivity index (χ3n) is 5.68. The molecular formula is C22H23NO5. The Kier molecular flexibility index (Phi) is 5.05. The van der Waals surface area contributed by atoms with Crippen LogP contribution in [0.1, 0.15) is 36.3 Å². The smallest absolute Gasteiger partial charge is 0.412 e. The van der Waals surface area contributed by atoms with E-state index in [2.05, 4.69) is 12.1 Å². The molecule has 4 rings (SSSR count). The van der Waals surface area contributed by atoms with E-state index in [1.807, 2.05) is 36.4 Å². The molecule has 2 aromatic carbocycles. The maximum atomic E-state index is 12.8. The number of aliphatic carboxylic acids is 1. The summed E-state index contributed by atoms with van der Waals surface area (Å²) in [5.74, 6) is -1.10. The van der Waals surface area contributed by atoms with Crippen molar-refractivity contribution in [3.63, 3.8) is 0 Å². The first-order valence-corrected chi connectivity index (χ1v) is 9.50. The van der Waals surface area contributed by atoms with Crippen LogP contribution in [0.2, 0.25) is 0 Å². The molecule has 0 bridgehead atoms. The molecule has 2 atom stereocenters. The first-order valence-electron chi connectivity index (χ1n) is 9.50. The molecule has 0 saturated carbocycles. The largest absolute Gasteiger partial charge is 0.480 e. The van der Waals surface area contributed by atoms with E-state index in [0.29, 0.717) is 19.3 Å². The summed E-state index contributed by atoms with van der Waals surface area (Å²) in [5.41, 5.74) is 4.53. The minimum Gasteiger partial charge on any atom is -0.480 e. The quantitative estimate of drug-likeness (QED) is 0.871. The number of carbonyl (C=O) groups excluding carboxylic acids is 1. The van der Waals surface area contributed by atoms with Crippen LogP contribution in [-0.4, -0.2) is 48.1 Å². The number of carboxylic acid groups (broad SMARTS) is 1. The standard InChI is InChI=1S/C22H23NO5/c1-27-20-12-6-11-19(21(24)25)23(20)22(26)28-13-18-16-9-4-2-7-14(16)15-8-3-5-10-17(15)18/h2-5,7-10,18-20H,6,11-13H2,1H3,(H,24,25). The molecule has 2 aliphatic rings. The van der Waals surface area contributed by atoms with E-state index in [-0.39, 0.29) is 12.5 Å². The van der Waals surface area contributed by atoms with E-state index in [9.17, 15) is 14.7 Å². The van der Waals surface area contributed by atoms with Crippen molar-refractivity contribution in [2.45, 2.75) is 37.5 Å². The molecule has 0 radical (unpaired) electrons. The van der Waals surface area contributed by atoms with Crippen LogP contribution >= 0.6 is 0 Å². The van der Waals surface area contributed by atoms with Gasteiger partial charge in [0.15, 0.2) is 0 Å². The van der Waals surface area contributed by atoms with Crippen molar-refractivity contribution in [3.8, 4) is 11.1 Å². The number of hydrogen-bond acceptors (Lipinski definition) is 4. The fourth-order valence-electron chi connectivity index (χ4n) is 4.35. The van der Waals surface area contributed by atoms with Gasteiger partial charge in [-0.2, -0.15) is 0 Å². The van der Waals surface area contributed by atoms with E-state index in [1.165, 1.54) is 12.0 Å². The SMILES string of the molecule is COC1CCCC(C(=O)O)N1C(=O)OCC1c2ccccc2-c2ccccc21. The van der Waals surface area contributed by atoms with Gasteiger partial charge in [-0.1, -0.05) is 48.5 Å². The average Bonchev–Trinajstić information content (AvgIpc) is 3.05. The van der Waals surface area contributed by atoms with Crippen molar-refractivity contribution < 1.29 is 24.2 Å². The predicted octanol–water partition coefficient (Wildman–Crippen LogP) is 3.85. The molecule has 1 amide bonds. The number of ether oxygens (including phenoxy) is 2. The van der Waals surface area contributed by atoms with Gasteiger partial charge in [0.25, 0.3) is 0 Å². The molecule has 1 fully saturated rings. The topological polar surface area (TPSA) is 76.1 Å². The second kappa shape index (κ2) is 7.64. The fraction of sp³-hybridized carbons (Fsp3) is 0.364. The van der Waals surface area contributed by atoms with Gasteiger partial charge in [0, 0.05) is 13.0 Å². The van der Waals surface area contributed by atoms with Crippen molar-refractivity contribution >= 4 is 12.1 Å². The minimum atomic E-state index is -1.03. The van der Waals surface area contributed by atoms with Gasteiger partial charge in [-0.25, -0.2) is 9.59 Å². The Morgan fingerprint density at radius 3 is 2.21 bits per heavy atom. The Bertz CT molecular complexity index is 851. The van der Waals surface area contributed by atoms with E-state index < -0.39 is 24.3 Å². The Morgan fingerprint density at radius 2 is 1.64 bits per heavy atom. The normalized spacial score (nSPS) is 21.1. The summed E-state index contributed by atoms with van der Waals surface area (Å²) in [4.78, 5) is 25.7. The number of nitrogens with zero attached hydrogens (tertiary/aromatic N) is 1. The first-order chi connectivity index (χ1) is 13.6. The number of hydrogen-bond donors (Lipinski definition) is 1. The highest BCUT2D eigenvalue weighted by Gasteiger charge is 2.40. The maximum absolute atomic E-state index is 12.8. The third kappa shape index (κ3) is 3.14. The number of likely N-dealkylation sites (tertiary alicyclic amines) is 1. The van der Waals surface area contributed by atoms with Crippen molar-refractivity contribution in [2.75, 3.05) is 13.7 Å². The number of amides is 1. The monoisotopic (exact) mass is 381 g/mol. The summed E-state index contributed by atoms with van der Waals surface area (Å²) in [6.45, 7) is 0.159. The second-order valence-electron chi connectivity index (χ2n) is 7.19. The van der Waals surface area contributed by atoms with Crippen LogP contribution in [0.15, 0.2) is 48.5 Å². The van der Waals surface area contributed by atoms with Crippen molar-refractivity contribution in [1.29, 1.82) is 0 Å². The lowest BCUT2D eigenvalue weighted by Gasteiger charge is -2.38. The van der Waals surface area contributed by atoms with Gasteiger partial charge in [0.05, 0.1) is 0 Å². The van der Waals surface area contributed by atoms with Crippen LogP contribution in [0.4, 0.5) is 4.79 Å². The van der Waals surface area contributed by atoms with Gasteiger partial charge in [-0.05, 0) is 41.5 Å². The van der Waals surface area contributed by atoms with Crippen molar-refractivity contribution in [2.24, 2.45) is 0 Å². The molecule has 1 aliphatic heterocycles. The highest BCUT2D eigenvalue weighted by atomic mass is 16.6. The highest BCUT2D eigenvalue weighted by Crippen LogP contribution is 2.44. The van der Waals surface area contributed by atoms with Crippen LogP contribution in [0.3, 0.4) is 0 Å². The van der Waals surface area contributed by atoms with Crippen LogP contribution in [-0.2, 0) is 14.3 Å². The minimum absolute atomic E-state index is 0.0644. The Hall–Kier alpha value is -2.86. The molecule has 1 saturated heterocycles. The maximum Gasteiger partial charge on any atom is 0.412 e. The lowest BCUT2D eigenvalue weighted by atomic mass is 9.98. The molecule has 2 aromatic rings. The highest BCUT2D eigenvalue weighted by molar-refractivity contribution is 5.81. The summed E-state index contributed by atoms with van der Waals surface area (Å²) in [5, 5.41) is 9.51. The number of carboxylic acids is 1. The molecular weight excluding hydrogens is 358 g/mol. The molecule has 28 heavy (non-hydrogen) atoms. The molecule has 0 aromatic heterocycles. The zero-order valence-electron chi connectivity index (χ0n) is 15.7. The van der Waals surface area contributed by atoms with Gasteiger partial charge in [-0.15, -0.1) is 0 Å². The molecule has 0 spiro atoms. The lowest BCUT2D eigenvalue weighted by molar-refractivity contribution is -0.152. The van der Waals surface area contributed by atoms with Crippen LogP contribution in [0, 0.1) is 0 Å². The molecule has 6 nitrogen and oxygen atoms in total. The van der Waals surface area contributed by atoms with E-state index in [0.717, 1.165) is 22.3 Å². The van der Waals surface area contributed by atoms with Gasteiger partial charge < -0.3 is 14.6 Å². The molecule has 1 aliphatic carbocycles. The van der Waals surface area contributed by atoms with Gasteiger partial charge in [0.2, 0.25) is 0 Å². The summed E-state index contributed by atoms with van der Waals surface area (Å²) in [7, 11) is 1.48. The van der Waals surface area contributed by atoms with Crippen molar-refractivity contribution in [3.05, 3.63) is 59.7 Å².